The van der Waals surface area contributed by atoms with Crippen molar-refractivity contribution in [3.8, 4) is 10.4 Å². The zero-order chi connectivity index (χ0) is 18.2. The predicted octanol–water partition coefficient (Wildman–Crippen LogP) is 4.44. The van der Waals surface area contributed by atoms with Crippen LogP contribution in [0, 0.1) is 0 Å². The number of hydrogen-bond acceptors (Lipinski definition) is 6. The van der Waals surface area contributed by atoms with Crippen molar-refractivity contribution >= 4 is 39.0 Å². The molecule has 0 spiro atoms. The molecule has 5 rings (SSSR count). The molecule has 3 aromatic heterocycles. The smallest absolute Gasteiger partial charge is 0.150 e. The summed E-state index contributed by atoms with van der Waals surface area (Å²) in [5, 5.41) is 5.03. The van der Waals surface area contributed by atoms with Crippen LogP contribution in [0.3, 0.4) is 0 Å². The maximum absolute atomic E-state index is 6.02. The van der Waals surface area contributed by atoms with E-state index in [1.54, 1.807) is 30.3 Å². The largest absolute Gasteiger partial charge is 0.355 e. The lowest BCUT2D eigenvalue weighted by atomic mass is 10.1. The average Bonchev–Trinajstić information content (AvgIpc) is 3.38. The van der Waals surface area contributed by atoms with E-state index in [-0.39, 0.29) is 0 Å². The van der Waals surface area contributed by atoms with E-state index in [0.717, 1.165) is 52.6 Å². The number of aromatic nitrogens is 5. The summed E-state index contributed by atoms with van der Waals surface area (Å²) in [4.78, 5) is 16.7. The van der Waals surface area contributed by atoms with Gasteiger partial charge in [0.2, 0.25) is 0 Å². The monoisotopic (exact) mass is 396 g/mol. The lowest BCUT2D eigenvalue weighted by Gasteiger charge is -2.32. The highest BCUT2D eigenvalue weighted by molar-refractivity contribution is 7.22. The van der Waals surface area contributed by atoms with Gasteiger partial charge < -0.3 is 4.90 Å². The number of anilines is 1. The van der Waals surface area contributed by atoms with Gasteiger partial charge >= 0.3 is 0 Å². The van der Waals surface area contributed by atoms with Gasteiger partial charge in [-0.2, -0.15) is 5.10 Å². The van der Waals surface area contributed by atoms with E-state index in [0.29, 0.717) is 6.04 Å². The highest BCUT2D eigenvalue weighted by atomic mass is 35.5. The van der Waals surface area contributed by atoms with Crippen LogP contribution in [0.25, 0.3) is 20.7 Å². The van der Waals surface area contributed by atoms with Crippen LogP contribution in [0.15, 0.2) is 49.3 Å². The second-order valence-electron chi connectivity index (χ2n) is 6.62. The van der Waals surface area contributed by atoms with E-state index in [1.807, 2.05) is 28.9 Å². The van der Waals surface area contributed by atoms with Gasteiger partial charge in [-0.05, 0) is 36.6 Å². The van der Waals surface area contributed by atoms with Crippen LogP contribution in [-0.2, 0) is 0 Å². The zero-order valence-corrected chi connectivity index (χ0v) is 16.1. The van der Waals surface area contributed by atoms with Crippen molar-refractivity contribution in [1.82, 2.24) is 24.7 Å². The lowest BCUT2D eigenvalue weighted by Crippen LogP contribution is -2.35. The second kappa shape index (κ2) is 6.90. The molecule has 0 aliphatic carbocycles. The number of nitrogens with zero attached hydrogens (tertiary/aromatic N) is 6. The number of fused-ring (bicyclic) bond motifs is 1. The Morgan fingerprint density at radius 3 is 2.59 bits per heavy atom. The van der Waals surface area contributed by atoms with Crippen LogP contribution in [0.2, 0.25) is 5.02 Å². The molecule has 1 saturated heterocycles. The summed E-state index contributed by atoms with van der Waals surface area (Å²) in [5.74, 6) is 1.03. The second-order valence-corrected chi connectivity index (χ2v) is 8.11. The minimum atomic E-state index is 0.411. The molecule has 4 heterocycles. The van der Waals surface area contributed by atoms with E-state index in [4.69, 9.17) is 11.6 Å². The first kappa shape index (κ1) is 16.6. The molecule has 0 atom stereocenters. The summed E-state index contributed by atoms with van der Waals surface area (Å²) in [7, 11) is 0. The first-order valence-electron chi connectivity index (χ1n) is 8.87. The van der Waals surface area contributed by atoms with E-state index in [1.165, 1.54) is 4.88 Å². The van der Waals surface area contributed by atoms with Crippen molar-refractivity contribution in [3.63, 3.8) is 0 Å². The summed E-state index contributed by atoms with van der Waals surface area (Å²) >= 11 is 7.76. The molecule has 0 amide bonds. The van der Waals surface area contributed by atoms with E-state index < -0.39 is 0 Å². The fourth-order valence-electron chi connectivity index (χ4n) is 3.57. The van der Waals surface area contributed by atoms with Gasteiger partial charge in [0.15, 0.2) is 0 Å². The number of rotatable bonds is 3. The molecule has 8 heteroatoms. The van der Waals surface area contributed by atoms with Crippen LogP contribution < -0.4 is 4.90 Å². The lowest BCUT2D eigenvalue weighted by molar-refractivity contribution is 0.365. The molecule has 0 N–H and O–H groups in total. The summed E-state index contributed by atoms with van der Waals surface area (Å²) < 4.78 is 3.11. The average molecular weight is 397 g/mol. The van der Waals surface area contributed by atoms with E-state index >= 15 is 0 Å². The Labute approximate surface area is 165 Å². The normalized spacial score (nSPS) is 15.5. The molecular formula is C19H17ClN6S. The first-order valence-corrected chi connectivity index (χ1v) is 10.1. The fraction of sp³-hybridized carbons (Fsp3) is 0.263. The summed E-state index contributed by atoms with van der Waals surface area (Å²) in [5.41, 5.74) is 2.14. The maximum atomic E-state index is 6.02. The topological polar surface area (TPSA) is 59.7 Å². The Hall–Kier alpha value is -2.51. The third-order valence-electron chi connectivity index (χ3n) is 5.00. The Morgan fingerprint density at radius 1 is 1.04 bits per heavy atom. The van der Waals surface area contributed by atoms with Crippen molar-refractivity contribution in [2.24, 2.45) is 0 Å². The molecular weight excluding hydrogens is 380 g/mol. The van der Waals surface area contributed by atoms with Gasteiger partial charge in [0, 0.05) is 23.0 Å². The third-order valence-corrected chi connectivity index (χ3v) is 6.42. The van der Waals surface area contributed by atoms with Crippen molar-refractivity contribution in [3.05, 3.63) is 54.3 Å². The molecule has 0 bridgehead atoms. The van der Waals surface area contributed by atoms with Crippen LogP contribution in [0.1, 0.15) is 18.9 Å². The number of thiophene rings is 1. The third kappa shape index (κ3) is 3.17. The molecule has 1 aliphatic rings. The predicted molar refractivity (Wildman–Crippen MR) is 108 cm³/mol. The molecule has 1 aliphatic heterocycles. The highest BCUT2D eigenvalue weighted by Crippen LogP contribution is 2.38. The summed E-state index contributed by atoms with van der Waals surface area (Å²) in [6.45, 7) is 1.90. The van der Waals surface area contributed by atoms with Crippen LogP contribution in [-0.4, -0.2) is 37.8 Å². The highest BCUT2D eigenvalue weighted by Gasteiger charge is 2.24. The number of hydrogen-bond donors (Lipinski definition) is 0. The van der Waals surface area contributed by atoms with Crippen molar-refractivity contribution < 1.29 is 0 Å². The van der Waals surface area contributed by atoms with Gasteiger partial charge in [-0.1, -0.05) is 23.7 Å². The molecule has 0 radical (unpaired) electrons. The SMILES string of the molecule is Clc1ccc(-c2cc3ncnc(N4CCC(n5cncn5)CC4)c3s2)cc1. The molecule has 1 fully saturated rings. The van der Waals surface area contributed by atoms with Gasteiger partial charge in [0.1, 0.15) is 24.8 Å². The Balaban J connectivity index is 1.43. The molecule has 1 aromatic carbocycles. The number of piperidine rings is 1. The molecule has 4 aromatic rings. The quantitative estimate of drug-likeness (QED) is 0.512. The van der Waals surface area contributed by atoms with Crippen LogP contribution >= 0.6 is 22.9 Å². The van der Waals surface area contributed by atoms with Gasteiger partial charge in [-0.25, -0.2) is 19.6 Å². The number of benzene rings is 1. The van der Waals surface area contributed by atoms with Crippen LogP contribution in [0.5, 0.6) is 0 Å². The Kier molecular flexibility index (Phi) is 4.26. The number of halogens is 1. The molecule has 27 heavy (non-hydrogen) atoms. The molecule has 0 saturated carbocycles. The van der Waals surface area contributed by atoms with Gasteiger partial charge in [-0.3, -0.25) is 0 Å². The minimum absolute atomic E-state index is 0.411. The molecule has 0 unspecified atom stereocenters. The first-order chi connectivity index (χ1) is 13.3. The van der Waals surface area contributed by atoms with Crippen molar-refractivity contribution in [2.75, 3.05) is 18.0 Å². The van der Waals surface area contributed by atoms with Crippen LogP contribution in [0.4, 0.5) is 5.82 Å². The maximum Gasteiger partial charge on any atom is 0.150 e. The molecule has 136 valence electrons. The fourth-order valence-corrected chi connectivity index (χ4v) is 4.83. The van der Waals surface area contributed by atoms with Crippen molar-refractivity contribution in [2.45, 2.75) is 18.9 Å². The minimum Gasteiger partial charge on any atom is -0.355 e. The summed E-state index contributed by atoms with van der Waals surface area (Å²) in [6.07, 6.45) is 7.14. The van der Waals surface area contributed by atoms with E-state index in [9.17, 15) is 0 Å². The van der Waals surface area contributed by atoms with Crippen molar-refractivity contribution in [1.29, 1.82) is 0 Å². The zero-order valence-electron chi connectivity index (χ0n) is 14.5. The summed E-state index contributed by atoms with van der Waals surface area (Å²) in [6, 6.07) is 10.5. The molecule has 6 nitrogen and oxygen atoms in total. The van der Waals surface area contributed by atoms with Gasteiger partial charge in [0.25, 0.3) is 0 Å². The van der Waals surface area contributed by atoms with Gasteiger partial charge in [0.05, 0.1) is 16.3 Å². The standard InChI is InChI=1S/C19H17ClN6S/c20-14-3-1-13(2-4-14)17-9-16-18(27-17)19(23-11-22-16)25-7-5-15(6-8-25)26-12-21-10-24-26/h1-4,9-12,15H,5-8H2. The van der Waals surface area contributed by atoms with Gasteiger partial charge in [-0.15, -0.1) is 11.3 Å². The Bertz CT molecular complexity index is 1050. The van der Waals surface area contributed by atoms with E-state index in [2.05, 4.69) is 31.0 Å². The Morgan fingerprint density at radius 2 is 1.85 bits per heavy atom.